The molecule has 66 valence electrons. The second kappa shape index (κ2) is 6.74. The topological polar surface area (TPSA) is 12.0 Å². The Morgan fingerprint density at radius 2 is 2.27 bits per heavy atom. The van der Waals surface area contributed by atoms with Crippen molar-refractivity contribution in [3.8, 4) is 0 Å². The molecule has 11 heavy (non-hydrogen) atoms. The minimum atomic E-state index is 0.437. The summed E-state index contributed by atoms with van der Waals surface area (Å²) in [7, 11) is 0. The summed E-state index contributed by atoms with van der Waals surface area (Å²) in [5, 5.41) is 3.48. The molecule has 0 heterocycles. The van der Waals surface area contributed by atoms with Crippen molar-refractivity contribution in [1.29, 1.82) is 0 Å². The third-order valence-corrected chi connectivity index (χ3v) is 2.45. The van der Waals surface area contributed by atoms with E-state index in [9.17, 15) is 0 Å². The van der Waals surface area contributed by atoms with Crippen LogP contribution in [0.4, 0.5) is 0 Å². The van der Waals surface area contributed by atoms with Crippen molar-refractivity contribution >= 4 is 11.8 Å². The molecular weight excluding hydrogens is 154 g/mol. The number of hydrogen-bond acceptors (Lipinski definition) is 2. The van der Waals surface area contributed by atoms with Crippen molar-refractivity contribution in [1.82, 2.24) is 5.32 Å². The fraction of sp³-hybridized carbons (Fsp3) is 0.778. The second-order valence-corrected chi connectivity index (χ2v) is 3.66. The van der Waals surface area contributed by atoms with Crippen molar-refractivity contribution < 1.29 is 0 Å². The quantitative estimate of drug-likeness (QED) is 0.619. The molecule has 0 amide bonds. The fourth-order valence-electron chi connectivity index (χ4n) is 0.925. The Kier molecular flexibility index (Phi) is 6.77. The summed E-state index contributed by atoms with van der Waals surface area (Å²) in [5.74, 6) is 1.19. The molecule has 2 atom stereocenters. The van der Waals surface area contributed by atoms with Crippen molar-refractivity contribution in [3.63, 3.8) is 0 Å². The predicted octanol–water partition coefficient (Wildman–Crippen LogP) is 2.29. The van der Waals surface area contributed by atoms with E-state index in [-0.39, 0.29) is 0 Å². The van der Waals surface area contributed by atoms with E-state index in [1.54, 1.807) is 0 Å². The summed E-state index contributed by atoms with van der Waals surface area (Å²) in [5.41, 5.74) is 0. The van der Waals surface area contributed by atoms with Gasteiger partial charge in [0.05, 0.1) is 0 Å². The van der Waals surface area contributed by atoms with Gasteiger partial charge in [0.2, 0.25) is 0 Å². The Bertz CT molecular complexity index is 104. The largest absolute Gasteiger partial charge is 0.307 e. The number of nitrogens with one attached hydrogen (secondary N) is 1. The van der Waals surface area contributed by atoms with E-state index in [0.29, 0.717) is 12.1 Å². The Labute approximate surface area is 74.6 Å². The first-order chi connectivity index (χ1) is 5.24. The van der Waals surface area contributed by atoms with E-state index in [4.69, 9.17) is 0 Å². The van der Waals surface area contributed by atoms with Crippen LogP contribution >= 0.6 is 11.8 Å². The van der Waals surface area contributed by atoms with E-state index in [0.717, 1.165) is 0 Å². The molecule has 2 unspecified atom stereocenters. The molecule has 0 aliphatic heterocycles. The highest BCUT2D eigenvalue weighted by Gasteiger charge is 2.05. The van der Waals surface area contributed by atoms with Crippen molar-refractivity contribution in [3.05, 3.63) is 12.7 Å². The SMILES string of the molecule is C=CC(C)NC(CC)CSC. The molecule has 1 nitrogen and oxygen atoms in total. The molecule has 2 heteroatoms. The summed E-state index contributed by atoms with van der Waals surface area (Å²) in [6, 6.07) is 1.07. The van der Waals surface area contributed by atoms with Crippen LogP contribution in [0.25, 0.3) is 0 Å². The van der Waals surface area contributed by atoms with Gasteiger partial charge in [-0.05, 0) is 19.6 Å². The van der Waals surface area contributed by atoms with Gasteiger partial charge in [-0.15, -0.1) is 6.58 Å². The zero-order chi connectivity index (χ0) is 8.69. The molecule has 0 aromatic carbocycles. The third-order valence-electron chi connectivity index (χ3n) is 1.71. The minimum absolute atomic E-state index is 0.437. The van der Waals surface area contributed by atoms with Crippen LogP contribution in [-0.4, -0.2) is 24.1 Å². The van der Waals surface area contributed by atoms with Gasteiger partial charge in [-0.3, -0.25) is 0 Å². The minimum Gasteiger partial charge on any atom is -0.307 e. The molecule has 0 aliphatic carbocycles. The van der Waals surface area contributed by atoms with Gasteiger partial charge in [-0.25, -0.2) is 0 Å². The monoisotopic (exact) mass is 173 g/mol. The van der Waals surface area contributed by atoms with E-state index in [1.165, 1.54) is 12.2 Å². The van der Waals surface area contributed by atoms with Gasteiger partial charge in [0.15, 0.2) is 0 Å². The lowest BCUT2D eigenvalue weighted by atomic mass is 10.2. The molecule has 0 bridgehead atoms. The molecule has 0 aromatic heterocycles. The smallest absolute Gasteiger partial charge is 0.0221 e. The van der Waals surface area contributed by atoms with Gasteiger partial charge in [0, 0.05) is 17.8 Å². The van der Waals surface area contributed by atoms with Gasteiger partial charge in [0.1, 0.15) is 0 Å². The average molecular weight is 173 g/mol. The summed E-state index contributed by atoms with van der Waals surface area (Å²) >= 11 is 1.89. The predicted molar refractivity (Wildman–Crippen MR) is 55.3 cm³/mol. The molecule has 0 aromatic rings. The van der Waals surface area contributed by atoms with Gasteiger partial charge in [-0.1, -0.05) is 13.0 Å². The summed E-state index contributed by atoms with van der Waals surface area (Å²) < 4.78 is 0. The van der Waals surface area contributed by atoms with Crippen molar-refractivity contribution in [2.75, 3.05) is 12.0 Å². The van der Waals surface area contributed by atoms with Crippen LogP contribution in [0.1, 0.15) is 20.3 Å². The Hall–Kier alpha value is 0.0500. The van der Waals surface area contributed by atoms with Crippen LogP contribution < -0.4 is 5.32 Å². The Morgan fingerprint density at radius 1 is 1.64 bits per heavy atom. The van der Waals surface area contributed by atoms with E-state index < -0.39 is 0 Å². The lowest BCUT2D eigenvalue weighted by molar-refractivity contribution is 0.511. The first-order valence-corrected chi connectivity index (χ1v) is 5.51. The average Bonchev–Trinajstić information content (AvgIpc) is 2.03. The second-order valence-electron chi connectivity index (χ2n) is 2.75. The van der Waals surface area contributed by atoms with Gasteiger partial charge >= 0.3 is 0 Å². The van der Waals surface area contributed by atoms with Crippen LogP contribution in [-0.2, 0) is 0 Å². The molecule has 0 radical (unpaired) electrons. The molecule has 0 saturated carbocycles. The van der Waals surface area contributed by atoms with Crippen LogP contribution in [0.3, 0.4) is 0 Å². The lowest BCUT2D eigenvalue weighted by Gasteiger charge is -2.18. The van der Waals surface area contributed by atoms with E-state index >= 15 is 0 Å². The molecule has 1 N–H and O–H groups in total. The summed E-state index contributed by atoms with van der Waals surface area (Å²) in [6.45, 7) is 8.09. The van der Waals surface area contributed by atoms with Crippen LogP contribution in [0.15, 0.2) is 12.7 Å². The van der Waals surface area contributed by atoms with Crippen LogP contribution in [0.2, 0.25) is 0 Å². The standard InChI is InChI=1S/C9H19NS/c1-5-8(3)10-9(6-2)7-11-4/h5,8-10H,1,6-7H2,2-4H3. The molecule has 0 spiro atoms. The van der Waals surface area contributed by atoms with Crippen molar-refractivity contribution in [2.24, 2.45) is 0 Å². The molecule has 0 aliphatic rings. The zero-order valence-corrected chi connectivity index (χ0v) is 8.58. The molecule has 0 saturated heterocycles. The highest BCUT2D eigenvalue weighted by molar-refractivity contribution is 7.98. The first-order valence-electron chi connectivity index (χ1n) is 4.12. The summed E-state index contributed by atoms with van der Waals surface area (Å²) in [6.07, 6.45) is 5.28. The molecule has 0 rings (SSSR count). The maximum absolute atomic E-state index is 3.74. The maximum Gasteiger partial charge on any atom is 0.0221 e. The highest BCUT2D eigenvalue weighted by atomic mass is 32.2. The normalized spacial score (nSPS) is 15.9. The number of thioether (sulfide) groups is 1. The fourth-order valence-corrected chi connectivity index (χ4v) is 1.66. The number of hydrogen-bond donors (Lipinski definition) is 1. The first kappa shape index (κ1) is 11.1. The van der Waals surface area contributed by atoms with E-state index in [2.05, 4.69) is 32.0 Å². The summed E-state index contributed by atoms with van der Waals surface area (Å²) in [4.78, 5) is 0. The molecule has 0 fully saturated rings. The highest BCUT2D eigenvalue weighted by Crippen LogP contribution is 2.02. The van der Waals surface area contributed by atoms with Crippen LogP contribution in [0.5, 0.6) is 0 Å². The third kappa shape index (κ3) is 5.33. The van der Waals surface area contributed by atoms with E-state index in [1.807, 2.05) is 17.8 Å². The van der Waals surface area contributed by atoms with Gasteiger partial charge < -0.3 is 5.32 Å². The van der Waals surface area contributed by atoms with Gasteiger partial charge in [0.25, 0.3) is 0 Å². The van der Waals surface area contributed by atoms with Crippen molar-refractivity contribution in [2.45, 2.75) is 32.4 Å². The molecular formula is C9H19NS. The van der Waals surface area contributed by atoms with Crippen LogP contribution in [0, 0.1) is 0 Å². The maximum atomic E-state index is 3.74. The van der Waals surface area contributed by atoms with Gasteiger partial charge in [-0.2, -0.15) is 11.8 Å². The Morgan fingerprint density at radius 3 is 2.64 bits per heavy atom. The number of rotatable bonds is 6. The lowest BCUT2D eigenvalue weighted by Crippen LogP contribution is -2.36. The Balaban J connectivity index is 3.57. The zero-order valence-electron chi connectivity index (χ0n) is 7.76.